The molecule has 1 aliphatic carbocycles. The van der Waals surface area contributed by atoms with Crippen LogP contribution in [-0.4, -0.2) is 81.8 Å². The van der Waals surface area contributed by atoms with Crippen LogP contribution in [-0.2, 0) is 6.18 Å². The third-order valence-corrected chi connectivity index (χ3v) is 11.6. The molecule has 7 heterocycles. The summed E-state index contributed by atoms with van der Waals surface area (Å²) < 4.78 is 101. The second-order valence-corrected chi connectivity index (χ2v) is 14.4. The number of nitrogens with zero attached hydrogens (tertiary/aromatic N) is 5. The van der Waals surface area contributed by atoms with Crippen molar-refractivity contribution in [3.8, 4) is 23.0 Å². The second kappa shape index (κ2) is 9.44. The van der Waals surface area contributed by atoms with Crippen molar-refractivity contribution in [1.82, 2.24) is 25.2 Å². The summed E-state index contributed by atoms with van der Waals surface area (Å²) in [6, 6.07) is 1.34. The summed E-state index contributed by atoms with van der Waals surface area (Å²) in [5.74, 6) is -3.93. The molecular weight excluding hydrogens is 652 g/mol. The molecule has 5 fully saturated rings. The van der Waals surface area contributed by atoms with E-state index in [-0.39, 0.29) is 78.4 Å². The first-order valence-corrected chi connectivity index (χ1v) is 16.1. The molecule has 1 unspecified atom stereocenters. The average Bonchev–Trinajstić information content (AvgIpc) is 3.25. The van der Waals surface area contributed by atoms with Crippen molar-refractivity contribution in [1.29, 1.82) is 0 Å². The van der Waals surface area contributed by atoms with Crippen molar-refractivity contribution in [3.05, 3.63) is 28.5 Å². The minimum atomic E-state index is -4.91. The third kappa shape index (κ3) is 4.14. The van der Waals surface area contributed by atoms with Crippen LogP contribution in [0.5, 0.6) is 11.8 Å². The molecule has 6 atom stereocenters. The van der Waals surface area contributed by atoms with Crippen LogP contribution in [0.25, 0.3) is 22.2 Å². The molecule has 5 aliphatic heterocycles. The first-order valence-electron chi connectivity index (χ1n) is 15.7. The summed E-state index contributed by atoms with van der Waals surface area (Å²) in [4.78, 5) is 17.1. The number of nitrogen functional groups attached to an aromatic ring is 1. The Morgan fingerprint density at radius 1 is 1.17 bits per heavy atom. The van der Waals surface area contributed by atoms with E-state index in [0.29, 0.717) is 19.5 Å². The normalized spacial score (nSPS) is 33.3. The lowest BCUT2D eigenvalue weighted by Gasteiger charge is -2.47. The Kier molecular flexibility index (Phi) is 5.99. The van der Waals surface area contributed by atoms with Crippen LogP contribution in [0.4, 0.5) is 38.0 Å². The number of benzene rings is 1. The van der Waals surface area contributed by atoms with Gasteiger partial charge in [0.05, 0.1) is 44.2 Å². The molecule has 1 aromatic carbocycles. The van der Waals surface area contributed by atoms with Gasteiger partial charge < -0.3 is 25.4 Å². The van der Waals surface area contributed by atoms with E-state index in [1.807, 2.05) is 16.7 Å². The van der Waals surface area contributed by atoms with Gasteiger partial charge >= 0.3 is 12.2 Å². The van der Waals surface area contributed by atoms with Crippen LogP contribution in [0.3, 0.4) is 0 Å². The van der Waals surface area contributed by atoms with Crippen LogP contribution >= 0.6 is 11.6 Å². The van der Waals surface area contributed by atoms with Gasteiger partial charge in [-0.05, 0) is 44.7 Å². The van der Waals surface area contributed by atoms with Crippen LogP contribution < -0.4 is 25.4 Å². The molecule has 47 heavy (non-hydrogen) atoms. The molecule has 0 radical (unpaired) electrons. The van der Waals surface area contributed by atoms with E-state index in [4.69, 9.17) is 31.8 Å². The van der Waals surface area contributed by atoms with Gasteiger partial charge in [0.15, 0.2) is 11.6 Å². The fourth-order valence-electron chi connectivity index (χ4n) is 8.86. The molecule has 2 bridgehead atoms. The van der Waals surface area contributed by atoms with E-state index in [0.717, 1.165) is 25.0 Å². The highest BCUT2D eigenvalue weighted by molar-refractivity contribution is 6.36. The fourth-order valence-corrected chi connectivity index (χ4v) is 9.18. The lowest BCUT2D eigenvalue weighted by molar-refractivity contribution is -0.137. The van der Waals surface area contributed by atoms with Crippen molar-refractivity contribution in [2.45, 2.75) is 80.9 Å². The highest BCUT2D eigenvalue weighted by Gasteiger charge is 2.78. The molecule has 9 rings (SSSR count). The smallest absolute Gasteiger partial charge is 0.418 e. The minimum Gasteiger partial charge on any atom is -0.486 e. The first kappa shape index (κ1) is 29.8. The van der Waals surface area contributed by atoms with Gasteiger partial charge in [0.1, 0.15) is 29.9 Å². The summed E-state index contributed by atoms with van der Waals surface area (Å²) in [6.45, 7) is 3.28. The summed E-state index contributed by atoms with van der Waals surface area (Å²) in [5, 5.41) is 3.29. The molecule has 250 valence electrons. The highest BCUT2D eigenvalue weighted by atomic mass is 35.5. The van der Waals surface area contributed by atoms with Gasteiger partial charge in [-0.1, -0.05) is 11.6 Å². The van der Waals surface area contributed by atoms with Crippen molar-refractivity contribution in [3.63, 3.8) is 0 Å². The number of rotatable bonds is 4. The topological polar surface area (TPSA) is 102 Å². The van der Waals surface area contributed by atoms with E-state index >= 15 is 4.39 Å². The number of alkyl halides is 5. The number of aromatic nitrogens is 3. The Morgan fingerprint density at radius 2 is 1.96 bits per heavy atom. The van der Waals surface area contributed by atoms with Crippen LogP contribution in [0.15, 0.2) is 12.1 Å². The molecule has 9 nitrogen and oxygen atoms in total. The number of fused-ring (bicyclic) bond motifs is 6. The van der Waals surface area contributed by atoms with Gasteiger partial charge in [-0.3, -0.25) is 4.90 Å². The van der Waals surface area contributed by atoms with Gasteiger partial charge in [-0.15, -0.1) is 0 Å². The molecule has 3 aromatic rings. The zero-order valence-electron chi connectivity index (χ0n) is 25.1. The lowest BCUT2D eigenvalue weighted by atomic mass is 9.83. The summed E-state index contributed by atoms with van der Waals surface area (Å²) in [7, 11) is 0. The number of piperazine rings is 1. The SMILES string of the molecule is C[C@@H]1Oc2c(Cl)c(-c3nc(N)ccc3C(F)(F)F)c(F)c3nc(OC[C@@]45CCN4CC4(CC4(F)F)C5)nc(c23)N2C[C@H]3CC[C@H](N3)[C@@H]12. The fraction of sp³-hybridized carbons (Fsp3) is 0.581. The molecule has 4 saturated heterocycles. The number of hydrogen-bond acceptors (Lipinski definition) is 9. The van der Waals surface area contributed by atoms with Crippen LogP contribution in [0.1, 0.15) is 44.6 Å². The number of halogens is 7. The predicted molar refractivity (Wildman–Crippen MR) is 159 cm³/mol. The van der Waals surface area contributed by atoms with Gasteiger partial charge in [0.2, 0.25) is 0 Å². The molecule has 1 spiro atoms. The van der Waals surface area contributed by atoms with Gasteiger partial charge in [-0.2, -0.15) is 23.1 Å². The molecular formula is C31H30ClF6N7O2. The van der Waals surface area contributed by atoms with E-state index in [9.17, 15) is 22.0 Å². The largest absolute Gasteiger partial charge is 0.486 e. The summed E-state index contributed by atoms with van der Waals surface area (Å²) in [5.41, 5.74) is 1.07. The molecule has 16 heteroatoms. The Hall–Kier alpha value is -3.30. The maximum atomic E-state index is 16.9. The van der Waals surface area contributed by atoms with Crippen molar-refractivity contribution < 1.29 is 35.8 Å². The summed E-state index contributed by atoms with van der Waals surface area (Å²) >= 11 is 6.81. The minimum absolute atomic E-state index is 0.000251. The quantitative estimate of drug-likeness (QED) is 0.350. The number of ether oxygens (including phenoxy) is 2. The molecule has 2 aromatic heterocycles. The second-order valence-electron chi connectivity index (χ2n) is 14.1. The number of nitrogens with one attached hydrogen (secondary N) is 1. The van der Waals surface area contributed by atoms with Crippen molar-refractivity contribution in [2.24, 2.45) is 5.41 Å². The molecule has 1 saturated carbocycles. The Morgan fingerprint density at radius 3 is 2.66 bits per heavy atom. The Balaban J connectivity index is 1.22. The Labute approximate surface area is 269 Å². The Bertz CT molecular complexity index is 1860. The van der Waals surface area contributed by atoms with Crippen molar-refractivity contribution >= 4 is 34.1 Å². The van der Waals surface area contributed by atoms with E-state index in [1.165, 1.54) is 0 Å². The van der Waals surface area contributed by atoms with E-state index < -0.39 is 56.8 Å². The monoisotopic (exact) mass is 681 g/mol. The van der Waals surface area contributed by atoms with E-state index in [1.54, 1.807) is 0 Å². The van der Waals surface area contributed by atoms with Gasteiger partial charge in [0.25, 0.3) is 5.92 Å². The number of nitrogens with two attached hydrogens (primary N) is 1. The number of hydrogen-bond donors (Lipinski definition) is 2. The van der Waals surface area contributed by atoms with Crippen molar-refractivity contribution in [2.75, 3.05) is 36.9 Å². The maximum Gasteiger partial charge on any atom is 0.418 e. The average molecular weight is 682 g/mol. The molecule has 0 amide bonds. The zero-order valence-corrected chi connectivity index (χ0v) is 25.9. The number of pyridine rings is 1. The molecule has 3 N–H and O–H groups in total. The number of anilines is 2. The van der Waals surface area contributed by atoms with Crippen LogP contribution in [0.2, 0.25) is 5.02 Å². The predicted octanol–water partition coefficient (Wildman–Crippen LogP) is 5.43. The summed E-state index contributed by atoms with van der Waals surface area (Å²) in [6.07, 6.45) is -2.93. The standard InChI is InChI=1S/C31H30ClF6N7O2/c1-13-24-16-4-2-14(40-16)8-45(24)26-19-23(42-27(43-26)46-12-29-6-7-44(29)11-28(9-29)10-30(28,34)35)21(33)18(20(32)25(19)47-13)22-15(31(36,37)38)3-5-17(39)41-22/h3,5,13-14,16,24,40H,2,4,6-12H2,1H3,(H2,39,41)/t13-,14+,16-,24+,28?,29-/m0/s1. The molecule has 6 aliphatic rings. The zero-order chi connectivity index (χ0) is 32.8. The highest BCUT2D eigenvalue weighted by Crippen LogP contribution is 2.70. The van der Waals surface area contributed by atoms with Gasteiger partial charge in [-0.25, -0.2) is 18.2 Å². The lowest BCUT2D eigenvalue weighted by Crippen LogP contribution is -2.62. The van der Waals surface area contributed by atoms with Crippen LogP contribution in [0, 0.1) is 11.2 Å². The maximum absolute atomic E-state index is 16.9. The first-order chi connectivity index (χ1) is 22.2. The van der Waals surface area contributed by atoms with E-state index in [2.05, 4.69) is 15.3 Å². The van der Waals surface area contributed by atoms with Gasteiger partial charge in [0, 0.05) is 38.1 Å². The third-order valence-electron chi connectivity index (χ3n) is 11.3.